The zero-order valence-corrected chi connectivity index (χ0v) is 15.8. The molecular formula is C21H27N3O3. The van der Waals surface area contributed by atoms with E-state index in [2.05, 4.69) is 15.9 Å². The minimum atomic E-state index is -0.137. The summed E-state index contributed by atoms with van der Waals surface area (Å²) in [6.07, 6.45) is 5.47. The molecule has 4 rings (SSSR count). The van der Waals surface area contributed by atoms with Crippen LogP contribution >= 0.6 is 0 Å². The van der Waals surface area contributed by atoms with Crippen LogP contribution in [0, 0.1) is 11.8 Å². The number of nitrogens with zero attached hydrogens (tertiary/aromatic N) is 3. The molecule has 0 spiro atoms. The summed E-state index contributed by atoms with van der Waals surface area (Å²) in [6, 6.07) is 8.11. The normalized spacial score (nSPS) is 25.8. The number of fused-ring (bicyclic) bond motifs is 1. The van der Waals surface area contributed by atoms with Gasteiger partial charge in [-0.25, -0.2) is 0 Å². The van der Waals surface area contributed by atoms with Crippen molar-refractivity contribution in [3.63, 3.8) is 0 Å². The van der Waals surface area contributed by atoms with E-state index in [9.17, 15) is 9.59 Å². The highest BCUT2D eigenvalue weighted by molar-refractivity contribution is 6.05. The molecule has 0 N–H and O–H groups in total. The molecule has 2 amide bonds. The van der Waals surface area contributed by atoms with E-state index in [4.69, 9.17) is 4.74 Å². The number of benzene rings is 1. The first-order valence-electron chi connectivity index (χ1n) is 9.88. The highest BCUT2D eigenvalue weighted by atomic mass is 16.5. The van der Waals surface area contributed by atoms with Crippen molar-refractivity contribution in [3.8, 4) is 5.75 Å². The van der Waals surface area contributed by atoms with Crippen LogP contribution in [-0.2, 0) is 9.59 Å². The van der Waals surface area contributed by atoms with E-state index < -0.39 is 0 Å². The summed E-state index contributed by atoms with van der Waals surface area (Å²) < 4.78 is 5.75. The molecule has 2 fully saturated rings. The smallest absolute Gasteiger partial charge is 0.234 e. The Morgan fingerprint density at radius 2 is 1.59 bits per heavy atom. The largest absolute Gasteiger partial charge is 0.492 e. The van der Waals surface area contributed by atoms with Gasteiger partial charge in [0.25, 0.3) is 0 Å². The van der Waals surface area contributed by atoms with Gasteiger partial charge < -0.3 is 9.64 Å². The number of rotatable bonds is 5. The summed E-state index contributed by atoms with van der Waals surface area (Å²) in [4.78, 5) is 31.3. The lowest BCUT2D eigenvalue weighted by molar-refractivity contribution is -0.142. The quantitative estimate of drug-likeness (QED) is 0.588. The van der Waals surface area contributed by atoms with Crippen molar-refractivity contribution in [1.29, 1.82) is 0 Å². The molecule has 1 aromatic rings. The first-order chi connectivity index (χ1) is 13.2. The Morgan fingerprint density at radius 3 is 2.22 bits per heavy atom. The Hall–Kier alpha value is -2.34. The third kappa shape index (κ3) is 3.46. The van der Waals surface area contributed by atoms with Crippen LogP contribution in [0.2, 0.25) is 0 Å². The van der Waals surface area contributed by atoms with Gasteiger partial charge in [0.05, 0.1) is 30.8 Å². The third-order valence-corrected chi connectivity index (χ3v) is 5.82. The number of imide groups is 1. The van der Waals surface area contributed by atoms with Crippen LogP contribution in [0.15, 0.2) is 36.4 Å². The van der Waals surface area contributed by atoms with Crippen LogP contribution in [0.3, 0.4) is 0 Å². The molecule has 0 saturated carbocycles. The molecule has 0 unspecified atom stereocenters. The van der Waals surface area contributed by atoms with Gasteiger partial charge >= 0.3 is 0 Å². The number of likely N-dealkylation sites (tertiary alicyclic amines) is 1. The van der Waals surface area contributed by atoms with Gasteiger partial charge in [0.2, 0.25) is 11.8 Å². The van der Waals surface area contributed by atoms with Crippen molar-refractivity contribution in [2.24, 2.45) is 11.8 Å². The first-order valence-corrected chi connectivity index (χ1v) is 9.88. The topological polar surface area (TPSA) is 53.1 Å². The van der Waals surface area contributed by atoms with Gasteiger partial charge in [-0.2, -0.15) is 0 Å². The van der Waals surface area contributed by atoms with Gasteiger partial charge in [0.1, 0.15) is 5.75 Å². The second-order valence-electron chi connectivity index (χ2n) is 7.41. The van der Waals surface area contributed by atoms with E-state index in [0.29, 0.717) is 26.1 Å². The maximum atomic E-state index is 12.6. The predicted molar refractivity (Wildman–Crippen MR) is 103 cm³/mol. The summed E-state index contributed by atoms with van der Waals surface area (Å²) in [6.45, 7) is 6.42. The van der Waals surface area contributed by atoms with Gasteiger partial charge in [-0.1, -0.05) is 24.3 Å². The highest BCUT2D eigenvalue weighted by Crippen LogP contribution is 2.35. The van der Waals surface area contributed by atoms with Crippen molar-refractivity contribution >= 4 is 17.5 Å². The molecule has 6 nitrogen and oxygen atoms in total. The van der Waals surface area contributed by atoms with Gasteiger partial charge in [-0.3, -0.25) is 19.4 Å². The fourth-order valence-electron chi connectivity index (χ4n) is 4.33. The fourth-order valence-corrected chi connectivity index (χ4v) is 4.33. The Labute approximate surface area is 160 Å². The molecule has 27 heavy (non-hydrogen) atoms. The Bertz CT molecular complexity index is 714. The van der Waals surface area contributed by atoms with Gasteiger partial charge in [0, 0.05) is 26.2 Å². The second-order valence-corrected chi connectivity index (χ2v) is 7.41. The number of hydrogen-bond donors (Lipinski definition) is 0. The summed E-state index contributed by atoms with van der Waals surface area (Å²) in [5.41, 5.74) is 1.12. The van der Waals surface area contributed by atoms with Crippen LogP contribution in [0.1, 0.15) is 19.8 Å². The van der Waals surface area contributed by atoms with Crippen molar-refractivity contribution in [2.45, 2.75) is 19.8 Å². The lowest BCUT2D eigenvalue weighted by Gasteiger charge is -2.37. The molecule has 2 atom stereocenters. The number of piperazine rings is 1. The number of hydrogen-bond acceptors (Lipinski definition) is 5. The molecule has 1 aliphatic carbocycles. The Balaban J connectivity index is 1.36. The van der Waals surface area contributed by atoms with E-state index >= 15 is 0 Å². The molecule has 3 aliphatic rings. The third-order valence-electron chi connectivity index (χ3n) is 5.82. The number of amides is 2. The first kappa shape index (κ1) is 18.0. The minimum absolute atomic E-state index is 0.0125. The van der Waals surface area contributed by atoms with E-state index in [-0.39, 0.29) is 23.7 Å². The minimum Gasteiger partial charge on any atom is -0.492 e. The monoisotopic (exact) mass is 369 g/mol. The summed E-state index contributed by atoms with van der Waals surface area (Å²) in [7, 11) is 0. The van der Waals surface area contributed by atoms with E-state index in [1.165, 1.54) is 4.90 Å². The molecule has 144 valence electrons. The van der Waals surface area contributed by atoms with Crippen LogP contribution in [0.4, 0.5) is 5.69 Å². The number of anilines is 1. The van der Waals surface area contributed by atoms with Gasteiger partial charge in [-0.15, -0.1) is 0 Å². The maximum absolute atomic E-state index is 12.6. The van der Waals surface area contributed by atoms with E-state index in [1.54, 1.807) is 0 Å². The second kappa shape index (κ2) is 7.72. The van der Waals surface area contributed by atoms with Crippen LogP contribution in [0.25, 0.3) is 0 Å². The van der Waals surface area contributed by atoms with Crippen LogP contribution in [0.5, 0.6) is 5.75 Å². The molecule has 2 heterocycles. The molecule has 0 aromatic heterocycles. The number of allylic oxidation sites excluding steroid dienone is 2. The molecule has 6 heteroatoms. The van der Waals surface area contributed by atoms with Crippen molar-refractivity contribution in [2.75, 3.05) is 44.4 Å². The number of carbonyl (C=O) groups excluding carboxylic acids is 2. The fraction of sp³-hybridized carbons (Fsp3) is 0.524. The Morgan fingerprint density at radius 1 is 0.963 bits per heavy atom. The number of para-hydroxylation sites is 2. The lowest BCUT2D eigenvalue weighted by atomic mass is 9.85. The average molecular weight is 369 g/mol. The van der Waals surface area contributed by atoms with Crippen LogP contribution in [-0.4, -0.2) is 61.1 Å². The van der Waals surface area contributed by atoms with Gasteiger partial charge in [0.15, 0.2) is 0 Å². The standard InChI is InChI=1S/C21H27N3O3/c1-2-27-19-10-6-5-9-18(19)23-13-11-22(12-14-23)15-24-20(25)16-7-3-4-8-17(16)21(24)26/h3-6,9-10,16-17H,2,7-8,11-15H2,1H3/t16-,17-/m0/s1. The Kier molecular flexibility index (Phi) is 5.16. The number of carbonyl (C=O) groups is 2. The van der Waals surface area contributed by atoms with Crippen molar-refractivity contribution in [1.82, 2.24) is 9.80 Å². The van der Waals surface area contributed by atoms with Gasteiger partial charge in [-0.05, 0) is 31.9 Å². The summed E-state index contributed by atoms with van der Waals surface area (Å²) >= 11 is 0. The molecule has 1 aromatic carbocycles. The molecule has 2 saturated heterocycles. The number of ether oxygens (including phenoxy) is 1. The predicted octanol–water partition coefficient (Wildman–Crippen LogP) is 2.12. The highest BCUT2D eigenvalue weighted by Gasteiger charge is 2.47. The van der Waals surface area contributed by atoms with E-state index in [1.807, 2.05) is 37.3 Å². The molecule has 2 aliphatic heterocycles. The molecule has 0 bridgehead atoms. The summed E-state index contributed by atoms with van der Waals surface area (Å²) in [5.74, 6) is 0.663. The SMILES string of the molecule is CCOc1ccccc1N1CCN(CN2C(=O)[C@H]3CC=CC[C@@H]3C2=O)CC1. The zero-order chi connectivity index (χ0) is 18.8. The van der Waals surface area contributed by atoms with Crippen LogP contribution < -0.4 is 9.64 Å². The van der Waals surface area contributed by atoms with Crippen molar-refractivity contribution in [3.05, 3.63) is 36.4 Å². The summed E-state index contributed by atoms with van der Waals surface area (Å²) in [5, 5.41) is 0. The van der Waals surface area contributed by atoms with Crippen molar-refractivity contribution < 1.29 is 14.3 Å². The van der Waals surface area contributed by atoms with E-state index in [0.717, 1.165) is 37.6 Å². The average Bonchev–Trinajstić information content (AvgIpc) is 2.95. The molecular weight excluding hydrogens is 342 g/mol. The molecule has 0 radical (unpaired) electrons. The maximum Gasteiger partial charge on any atom is 0.234 e. The lowest BCUT2D eigenvalue weighted by Crippen LogP contribution is -2.51. The zero-order valence-electron chi connectivity index (χ0n) is 15.8.